The van der Waals surface area contributed by atoms with Gasteiger partial charge in [0.15, 0.2) is 4.96 Å². The van der Waals surface area contributed by atoms with E-state index in [0.29, 0.717) is 0 Å². The number of benzene rings is 1. The molecule has 0 N–H and O–H groups in total. The largest absolute Gasteiger partial charge is 0.369 e. The van der Waals surface area contributed by atoms with Gasteiger partial charge in [-0.2, -0.15) is 0 Å². The van der Waals surface area contributed by atoms with Gasteiger partial charge in [0.05, 0.1) is 5.69 Å². The SMILES string of the molecule is CC(C=S)C1N(c2ccccc2F)C(=O)N(F)N1C(Cl)Cl. The van der Waals surface area contributed by atoms with Gasteiger partial charge in [-0.1, -0.05) is 64.2 Å². The maximum Gasteiger partial charge on any atom is 0.369 e. The van der Waals surface area contributed by atoms with Gasteiger partial charge >= 0.3 is 6.03 Å². The van der Waals surface area contributed by atoms with Crippen molar-refractivity contribution < 1.29 is 13.7 Å². The second-order valence-corrected chi connectivity index (χ2v) is 5.75. The first-order valence-corrected chi connectivity index (χ1v) is 7.30. The van der Waals surface area contributed by atoms with Crippen molar-refractivity contribution in [3.05, 3.63) is 30.1 Å². The van der Waals surface area contributed by atoms with Crippen molar-refractivity contribution >= 4 is 52.5 Å². The van der Waals surface area contributed by atoms with E-state index in [1.165, 1.54) is 29.6 Å². The number of para-hydroxylation sites is 1. The number of nitrogens with zero attached hydrogens (tertiary/aromatic N) is 3. The Bertz CT molecular complexity index is 563. The average Bonchev–Trinajstić information content (AvgIpc) is 2.71. The number of halogens is 4. The molecule has 1 aliphatic heterocycles. The van der Waals surface area contributed by atoms with Crippen LogP contribution in [0.1, 0.15) is 6.92 Å². The number of hydrazine groups is 1. The highest BCUT2D eigenvalue weighted by Crippen LogP contribution is 2.36. The van der Waals surface area contributed by atoms with Crippen molar-refractivity contribution in [2.75, 3.05) is 4.90 Å². The Morgan fingerprint density at radius 2 is 2.00 bits per heavy atom. The van der Waals surface area contributed by atoms with Gasteiger partial charge in [0.1, 0.15) is 12.0 Å². The van der Waals surface area contributed by atoms with Gasteiger partial charge in [-0.05, 0) is 17.5 Å². The molecule has 9 heteroatoms. The molecule has 21 heavy (non-hydrogen) atoms. The fourth-order valence-electron chi connectivity index (χ4n) is 2.15. The summed E-state index contributed by atoms with van der Waals surface area (Å²) in [4.78, 5) is 11.7. The van der Waals surface area contributed by atoms with Crippen molar-refractivity contribution in [3.8, 4) is 0 Å². The lowest BCUT2D eigenvalue weighted by Crippen LogP contribution is -2.47. The summed E-state index contributed by atoms with van der Waals surface area (Å²) in [5.74, 6) is -1.15. The number of hydrogen-bond acceptors (Lipinski definition) is 3. The molecule has 2 unspecified atom stereocenters. The van der Waals surface area contributed by atoms with Crippen LogP contribution in [0.4, 0.5) is 19.4 Å². The summed E-state index contributed by atoms with van der Waals surface area (Å²) in [6, 6.07) is 4.46. The zero-order valence-electron chi connectivity index (χ0n) is 10.8. The van der Waals surface area contributed by atoms with Crippen molar-refractivity contribution in [1.29, 1.82) is 0 Å². The molecular weight excluding hydrogens is 343 g/mol. The highest BCUT2D eigenvalue weighted by atomic mass is 35.5. The predicted molar refractivity (Wildman–Crippen MR) is 81.2 cm³/mol. The minimum Gasteiger partial charge on any atom is -0.269 e. The third kappa shape index (κ3) is 2.83. The quantitative estimate of drug-likeness (QED) is 0.355. The number of alkyl halides is 2. The topological polar surface area (TPSA) is 26.8 Å². The Hall–Kier alpha value is -1.02. The molecule has 2 amide bonds. The number of urea groups is 1. The van der Waals surface area contributed by atoms with Gasteiger partial charge in [0, 0.05) is 5.92 Å². The molecule has 4 nitrogen and oxygen atoms in total. The molecule has 2 rings (SSSR count). The zero-order chi connectivity index (χ0) is 15.7. The number of rotatable bonds is 4. The number of thiocarbonyl (C=S) groups is 1. The summed E-state index contributed by atoms with van der Waals surface area (Å²) in [5.41, 5.74) is -0.0738. The van der Waals surface area contributed by atoms with Crippen LogP contribution in [0.15, 0.2) is 24.3 Å². The molecule has 1 heterocycles. The van der Waals surface area contributed by atoms with E-state index in [4.69, 9.17) is 35.4 Å². The van der Waals surface area contributed by atoms with Crippen molar-refractivity contribution in [2.45, 2.75) is 18.0 Å². The van der Waals surface area contributed by atoms with Crippen LogP contribution in [0.25, 0.3) is 0 Å². The van der Waals surface area contributed by atoms with Crippen LogP contribution >= 0.6 is 35.4 Å². The van der Waals surface area contributed by atoms with Gasteiger partial charge < -0.3 is 0 Å². The first kappa shape index (κ1) is 16.4. The summed E-state index contributed by atoms with van der Waals surface area (Å²) in [5, 5.41) is 1.91. The average molecular weight is 354 g/mol. The van der Waals surface area contributed by atoms with Gasteiger partial charge in [-0.25, -0.2) is 9.18 Å². The minimum absolute atomic E-state index is 0.0738. The fraction of sp³-hybridized carbons (Fsp3) is 0.333. The van der Waals surface area contributed by atoms with Crippen LogP contribution in [0.2, 0.25) is 0 Å². The minimum atomic E-state index is -1.34. The molecule has 0 radical (unpaired) electrons. The molecule has 0 saturated carbocycles. The molecule has 0 aliphatic carbocycles. The fourth-order valence-corrected chi connectivity index (χ4v) is 2.68. The van der Waals surface area contributed by atoms with E-state index < -0.39 is 28.9 Å². The van der Waals surface area contributed by atoms with E-state index in [-0.39, 0.29) is 10.9 Å². The van der Waals surface area contributed by atoms with Gasteiger partial charge in [-0.3, -0.25) is 4.90 Å². The Morgan fingerprint density at radius 3 is 2.52 bits per heavy atom. The molecule has 0 spiro atoms. The van der Waals surface area contributed by atoms with Gasteiger partial charge in [-0.15, -0.1) is 5.01 Å². The Kier molecular flexibility index (Phi) is 4.98. The van der Waals surface area contributed by atoms with Crippen LogP contribution < -0.4 is 4.90 Å². The molecule has 0 aromatic heterocycles. The summed E-state index contributed by atoms with van der Waals surface area (Å²) in [6.07, 6.45) is -0.961. The second kappa shape index (κ2) is 6.39. The molecule has 1 saturated heterocycles. The number of carbonyl (C=O) groups is 1. The highest BCUT2D eigenvalue weighted by Gasteiger charge is 2.51. The van der Waals surface area contributed by atoms with E-state index in [1.54, 1.807) is 6.92 Å². The van der Waals surface area contributed by atoms with Crippen LogP contribution in [-0.4, -0.2) is 32.8 Å². The predicted octanol–water partition coefficient (Wildman–Crippen LogP) is 3.89. The molecule has 114 valence electrons. The van der Waals surface area contributed by atoms with Crippen molar-refractivity contribution in [2.24, 2.45) is 5.92 Å². The Balaban J connectivity index is 2.54. The normalized spacial score (nSPS) is 21.2. The lowest BCUT2D eigenvalue weighted by Gasteiger charge is -2.31. The van der Waals surface area contributed by atoms with Crippen LogP contribution in [0.3, 0.4) is 0 Å². The summed E-state index contributed by atoms with van der Waals surface area (Å²) < 4.78 is 28.0. The maximum atomic E-state index is 14.1. The Labute approximate surface area is 135 Å². The lowest BCUT2D eigenvalue weighted by atomic mass is 10.1. The number of amides is 2. The third-order valence-corrected chi connectivity index (χ3v) is 3.93. The summed E-state index contributed by atoms with van der Waals surface area (Å²) >= 11 is 16.3. The van der Waals surface area contributed by atoms with E-state index >= 15 is 0 Å². The van der Waals surface area contributed by atoms with Gasteiger partial charge in [0.25, 0.3) is 0 Å². The van der Waals surface area contributed by atoms with Crippen molar-refractivity contribution in [3.63, 3.8) is 0 Å². The van der Waals surface area contributed by atoms with Crippen LogP contribution in [0, 0.1) is 11.7 Å². The first-order valence-electron chi connectivity index (χ1n) is 5.95. The number of carbonyl (C=O) groups excluding carboxylic acids is 1. The van der Waals surface area contributed by atoms with E-state index in [2.05, 4.69) is 0 Å². The molecule has 0 bridgehead atoms. The standard InChI is InChI=1S/C12H11Cl2F2N3OS/c1-7(6-21)10-17(9-5-3-2-4-8(9)15)12(20)19(16)18(10)11(13)14/h2-7,10-11H,1H3. The molecule has 1 fully saturated rings. The first-order chi connectivity index (χ1) is 9.90. The Morgan fingerprint density at radius 1 is 1.38 bits per heavy atom. The summed E-state index contributed by atoms with van der Waals surface area (Å²) in [6.45, 7) is 1.65. The zero-order valence-corrected chi connectivity index (χ0v) is 13.1. The van der Waals surface area contributed by atoms with E-state index in [9.17, 15) is 13.7 Å². The van der Waals surface area contributed by atoms with E-state index in [0.717, 1.165) is 9.91 Å². The van der Waals surface area contributed by atoms with Gasteiger partial charge in [0.2, 0.25) is 0 Å². The third-order valence-electron chi connectivity index (χ3n) is 3.10. The molecule has 1 aliphatic rings. The second-order valence-electron chi connectivity index (χ2n) is 4.43. The highest BCUT2D eigenvalue weighted by molar-refractivity contribution is 7.79. The molecular formula is C12H11Cl2F2N3OS. The molecule has 2 atom stereocenters. The van der Waals surface area contributed by atoms with Crippen LogP contribution in [0.5, 0.6) is 0 Å². The van der Waals surface area contributed by atoms with Crippen LogP contribution in [-0.2, 0) is 0 Å². The number of hydrogen-bond donors (Lipinski definition) is 0. The lowest BCUT2D eigenvalue weighted by molar-refractivity contribution is -0.115. The molecule has 1 aromatic carbocycles. The summed E-state index contributed by atoms with van der Waals surface area (Å²) in [7, 11) is 0. The molecule has 1 aromatic rings. The monoisotopic (exact) mass is 353 g/mol. The number of anilines is 1. The van der Waals surface area contributed by atoms with Crippen molar-refractivity contribution in [1.82, 2.24) is 10.2 Å². The van der Waals surface area contributed by atoms with E-state index in [1.807, 2.05) is 0 Å². The maximum absolute atomic E-state index is 14.1. The smallest absolute Gasteiger partial charge is 0.269 e.